The summed E-state index contributed by atoms with van der Waals surface area (Å²) >= 11 is 0. The van der Waals surface area contributed by atoms with Crippen molar-refractivity contribution in [2.24, 2.45) is 0 Å². The summed E-state index contributed by atoms with van der Waals surface area (Å²) in [4.78, 5) is 0. The van der Waals surface area contributed by atoms with Gasteiger partial charge in [0.05, 0.1) is 0 Å². The van der Waals surface area contributed by atoms with E-state index in [9.17, 15) is 0 Å². The SMILES string of the molecule is CCNCc1ccccc1Oc1c(C)cccc1C. The van der Waals surface area contributed by atoms with Gasteiger partial charge in [0.1, 0.15) is 11.5 Å². The van der Waals surface area contributed by atoms with Crippen molar-refractivity contribution in [1.29, 1.82) is 0 Å². The van der Waals surface area contributed by atoms with Crippen LogP contribution < -0.4 is 10.1 Å². The van der Waals surface area contributed by atoms with Crippen molar-refractivity contribution in [1.82, 2.24) is 5.32 Å². The van der Waals surface area contributed by atoms with E-state index in [0.29, 0.717) is 0 Å². The normalized spacial score (nSPS) is 10.5. The molecule has 0 fully saturated rings. The van der Waals surface area contributed by atoms with E-state index in [1.54, 1.807) is 0 Å². The van der Waals surface area contributed by atoms with Crippen LogP contribution in [-0.2, 0) is 6.54 Å². The van der Waals surface area contributed by atoms with Gasteiger partial charge in [0.25, 0.3) is 0 Å². The van der Waals surface area contributed by atoms with Crippen LogP contribution in [0.3, 0.4) is 0 Å². The summed E-state index contributed by atoms with van der Waals surface area (Å²) in [6.07, 6.45) is 0. The van der Waals surface area contributed by atoms with E-state index in [4.69, 9.17) is 4.74 Å². The second kappa shape index (κ2) is 6.39. The van der Waals surface area contributed by atoms with E-state index in [2.05, 4.69) is 50.4 Å². The Kier molecular flexibility index (Phi) is 4.58. The molecular weight excluding hydrogens is 234 g/mol. The van der Waals surface area contributed by atoms with Crippen molar-refractivity contribution in [3.63, 3.8) is 0 Å². The Morgan fingerprint density at radius 2 is 1.63 bits per heavy atom. The number of ether oxygens (including phenoxy) is 1. The topological polar surface area (TPSA) is 21.3 Å². The second-order valence-corrected chi connectivity index (χ2v) is 4.71. The van der Waals surface area contributed by atoms with Gasteiger partial charge in [0.2, 0.25) is 0 Å². The van der Waals surface area contributed by atoms with Crippen LogP contribution in [0, 0.1) is 13.8 Å². The highest BCUT2D eigenvalue weighted by Crippen LogP contribution is 2.30. The van der Waals surface area contributed by atoms with Crippen LogP contribution in [0.25, 0.3) is 0 Å². The Morgan fingerprint density at radius 1 is 0.947 bits per heavy atom. The molecule has 0 aliphatic rings. The second-order valence-electron chi connectivity index (χ2n) is 4.71. The summed E-state index contributed by atoms with van der Waals surface area (Å²) in [6, 6.07) is 14.4. The molecule has 19 heavy (non-hydrogen) atoms. The Morgan fingerprint density at radius 3 is 2.32 bits per heavy atom. The molecule has 0 saturated heterocycles. The molecule has 0 bridgehead atoms. The molecule has 0 saturated carbocycles. The molecule has 0 amide bonds. The number of hydrogen-bond acceptors (Lipinski definition) is 2. The van der Waals surface area contributed by atoms with Gasteiger partial charge in [-0.3, -0.25) is 0 Å². The van der Waals surface area contributed by atoms with E-state index < -0.39 is 0 Å². The molecule has 2 rings (SSSR count). The average molecular weight is 255 g/mol. The Labute approximate surface area is 115 Å². The quantitative estimate of drug-likeness (QED) is 0.864. The summed E-state index contributed by atoms with van der Waals surface area (Å²) in [6.45, 7) is 8.05. The number of para-hydroxylation sites is 2. The van der Waals surface area contributed by atoms with Gasteiger partial charge in [-0.15, -0.1) is 0 Å². The highest BCUT2D eigenvalue weighted by Gasteiger charge is 2.08. The Balaban J connectivity index is 2.28. The highest BCUT2D eigenvalue weighted by molar-refractivity contribution is 5.45. The first-order valence-electron chi connectivity index (χ1n) is 6.75. The Hall–Kier alpha value is -1.80. The highest BCUT2D eigenvalue weighted by atomic mass is 16.5. The van der Waals surface area contributed by atoms with Gasteiger partial charge >= 0.3 is 0 Å². The van der Waals surface area contributed by atoms with Crippen molar-refractivity contribution in [3.05, 3.63) is 59.2 Å². The van der Waals surface area contributed by atoms with Crippen molar-refractivity contribution in [2.75, 3.05) is 6.54 Å². The third-order valence-corrected chi connectivity index (χ3v) is 3.16. The first kappa shape index (κ1) is 13.6. The molecule has 1 N–H and O–H groups in total. The van der Waals surface area contributed by atoms with Crippen LogP contribution >= 0.6 is 0 Å². The van der Waals surface area contributed by atoms with Gasteiger partial charge in [-0.05, 0) is 37.6 Å². The van der Waals surface area contributed by atoms with Crippen molar-refractivity contribution >= 4 is 0 Å². The third-order valence-electron chi connectivity index (χ3n) is 3.16. The van der Waals surface area contributed by atoms with Crippen molar-refractivity contribution < 1.29 is 4.74 Å². The minimum Gasteiger partial charge on any atom is -0.456 e. The van der Waals surface area contributed by atoms with Gasteiger partial charge < -0.3 is 10.1 Å². The van der Waals surface area contributed by atoms with Gasteiger partial charge in [-0.25, -0.2) is 0 Å². The summed E-state index contributed by atoms with van der Waals surface area (Å²) in [7, 11) is 0. The number of aryl methyl sites for hydroxylation is 2. The first-order chi connectivity index (χ1) is 9.22. The van der Waals surface area contributed by atoms with Gasteiger partial charge in [-0.1, -0.05) is 43.3 Å². The molecule has 0 unspecified atom stereocenters. The Bertz CT molecular complexity index is 528. The maximum atomic E-state index is 6.13. The number of hydrogen-bond donors (Lipinski definition) is 1. The summed E-state index contributed by atoms with van der Waals surface area (Å²) in [5.74, 6) is 1.90. The molecule has 0 radical (unpaired) electrons. The molecule has 0 atom stereocenters. The largest absolute Gasteiger partial charge is 0.456 e. The van der Waals surface area contributed by atoms with E-state index in [1.807, 2.05) is 18.2 Å². The zero-order valence-corrected chi connectivity index (χ0v) is 11.9. The maximum Gasteiger partial charge on any atom is 0.133 e. The van der Waals surface area contributed by atoms with E-state index in [1.165, 1.54) is 16.7 Å². The molecule has 0 spiro atoms. The summed E-state index contributed by atoms with van der Waals surface area (Å²) in [5.41, 5.74) is 3.52. The van der Waals surface area contributed by atoms with Crippen LogP contribution in [0.1, 0.15) is 23.6 Å². The molecule has 0 aliphatic carbocycles. The van der Waals surface area contributed by atoms with E-state index >= 15 is 0 Å². The lowest BCUT2D eigenvalue weighted by Gasteiger charge is -2.15. The zero-order chi connectivity index (χ0) is 13.7. The molecule has 0 aliphatic heterocycles. The molecule has 2 heteroatoms. The van der Waals surface area contributed by atoms with E-state index in [0.717, 1.165) is 24.6 Å². The minimum atomic E-state index is 0.831. The fraction of sp³-hybridized carbons (Fsp3) is 0.294. The van der Waals surface area contributed by atoms with Crippen LogP contribution in [0.4, 0.5) is 0 Å². The standard InChI is InChI=1S/C17H21NO/c1-4-18-12-15-10-5-6-11-16(15)19-17-13(2)8-7-9-14(17)3/h5-11,18H,4,12H2,1-3H3. The monoisotopic (exact) mass is 255 g/mol. The fourth-order valence-corrected chi connectivity index (χ4v) is 2.08. The van der Waals surface area contributed by atoms with E-state index in [-0.39, 0.29) is 0 Å². The number of rotatable bonds is 5. The van der Waals surface area contributed by atoms with Gasteiger partial charge in [0, 0.05) is 12.1 Å². The predicted octanol–water partition coefficient (Wildman–Crippen LogP) is 4.21. The first-order valence-corrected chi connectivity index (χ1v) is 6.75. The van der Waals surface area contributed by atoms with Crippen LogP contribution in [-0.4, -0.2) is 6.54 Å². The zero-order valence-electron chi connectivity index (χ0n) is 11.9. The van der Waals surface area contributed by atoms with Crippen LogP contribution in [0.2, 0.25) is 0 Å². The van der Waals surface area contributed by atoms with Crippen LogP contribution in [0.15, 0.2) is 42.5 Å². The summed E-state index contributed by atoms with van der Waals surface area (Å²) < 4.78 is 6.13. The van der Waals surface area contributed by atoms with Crippen molar-refractivity contribution in [2.45, 2.75) is 27.3 Å². The lowest BCUT2D eigenvalue weighted by atomic mass is 10.1. The molecule has 2 aromatic rings. The summed E-state index contributed by atoms with van der Waals surface area (Å²) in [5, 5.41) is 3.34. The molecule has 2 aromatic carbocycles. The minimum absolute atomic E-state index is 0.831. The van der Waals surface area contributed by atoms with Gasteiger partial charge in [-0.2, -0.15) is 0 Å². The maximum absolute atomic E-state index is 6.13. The fourth-order valence-electron chi connectivity index (χ4n) is 2.08. The molecule has 2 nitrogen and oxygen atoms in total. The van der Waals surface area contributed by atoms with Crippen LogP contribution in [0.5, 0.6) is 11.5 Å². The molecule has 0 aromatic heterocycles. The number of benzene rings is 2. The number of nitrogens with one attached hydrogen (secondary N) is 1. The third kappa shape index (κ3) is 3.36. The average Bonchev–Trinajstić information content (AvgIpc) is 2.42. The predicted molar refractivity (Wildman–Crippen MR) is 79.8 cm³/mol. The lowest BCUT2D eigenvalue weighted by Crippen LogP contribution is -2.12. The molecule has 0 heterocycles. The molecule has 100 valence electrons. The smallest absolute Gasteiger partial charge is 0.133 e. The van der Waals surface area contributed by atoms with Gasteiger partial charge in [0.15, 0.2) is 0 Å². The van der Waals surface area contributed by atoms with Crippen molar-refractivity contribution in [3.8, 4) is 11.5 Å². The molecular formula is C17H21NO. The lowest BCUT2D eigenvalue weighted by molar-refractivity contribution is 0.466.